The zero-order valence-corrected chi connectivity index (χ0v) is 18.3. The molecule has 0 saturated carbocycles. The first-order valence-electron chi connectivity index (χ1n) is 11.2. The Bertz CT molecular complexity index is 1500. The van der Waals surface area contributed by atoms with Gasteiger partial charge in [-0.2, -0.15) is 0 Å². The zero-order chi connectivity index (χ0) is 18.0. The van der Waals surface area contributed by atoms with Crippen LogP contribution >= 0.6 is 7.92 Å². The molecule has 12 rings (SSSR count). The van der Waals surface area contributed by atoms with Gasteiger partial charge in [0.05, 0.1) is 0 Å². The van der Waals surface area contributed by atoms with Crippen molar-refractivity contribution in [3.05, 3.63) is 60.7 Å². The maximum absolute atomic E-state index is 3.40. The minimum absolute atomic E-state index is 0.174. The third-order valence-corrected chi connectivity index (χ3v) is 68.4. The Morgan fingerprint density at radius 1 is 0.750 bits per heavy atom. The van der Waals surface area contributed by atoms with Crippen LogP contribution in [0.4, 0.5) is 0 Å². The predicted octanol–water partition coefficient (Wildman–Crippen LogP) is 5.35. The number of fused-ring (bicyclic) bond motifs is 10. The zero-order valence-electron chi connectivity index (χ0n) is 16.3. The van der Waals surface area contributed by atoms with E-state index in [1.807, 2.05) is 0 Å². The second-order valence-corrected chi connectivity index (χ2v) is 40.2. The Labute approximate surface area is 157 Å². The standard InChI is InChI=1S/C20H21NP.C5H5.Fe/c1-21(2)16-17-10-9-15-20(17)22(18-11-5-3-6-12-18)19-13-7-4-8-14-19;1-2-4-5-3-1;/h3-15H,16H2,1-2H3;1-5H;. The molecular formula is C25H26FeNP. The van der Waals surface area contributed by atoms with Gasteiger partial charge in [-0.15, -0.1) is 0 Å². The SMILES string of the molecule is CN(C)C[C@@]12[CH]3[CH]4[CH]5[C]1(P(c1ccccc1)c1ccccc1)[Fe]45321678[CH]2[CH]1[CH]6[CH]7[CH]28. The molecule has 2 aromatic carbocycles. The summed E-state index contributed by atoms with van der Waals surface area (Å²) in [5.74, 6) is 0. The van der Waals surface area contributed by atoms with E-state index < -0.39 is 6.51 Å². The van der Waals surface area contributed by atoms with Crippen molar-refractivity contribution >= 4 is 18.5 Å². The summed E-state index contributed by atoms with van der Waals surface area (Å²) in [7, 11) is 4.62. The third-order valence-electron chi connectivity index (χ3n) is 18.0. The van der Waals surface area contributed by atoms with Crippen molar-refractivity contribution in [3.8, 4) is 0 Å². The van der Waals surface area contributed by atoms with Crippen molar-refractivity contribution in [3.63, 3.8) is 0 Å². The molecule has 28 heavy (non-hydrogen) atoms. The molecule has 10 aliphatic rings. The molecule has 4 unspecified atom stereocenters. The summed E-state index contributed by atoms with van der Waals surface area (Å²) in [5, 5.41) is 3.46. The van der Waals surface area contributed by atoms with Gasteiger partial charge in [-0.05, 0) is 0 Å². The molecule has 1 nitrogen and oxygen atoms in total. The van der Waals surface area contributed by atoms with E-state index in [9.17, 15) is 0 Å². The van der Waals surface area contributed by atoms with Gasteiger partial charge in [-0.3, -0.25) is 0 Å². The summed E-state index contributed by atoms with van der Waals surface area (Å²) < 4.78 is 1.77. The first-order chi connectivity index (χ1) is 13.4. The fraction of sp³-hybridized carbons (Fsp3) is 0.520. The number of rotatable bonds is 5. The van der Waals surface area contributed by atoms with E-state index in [1.165, 1.54) is 45.1 Å². The molecular weight excluding hydrogens is 401 g/mol. The summed E-state index contributed by atoms with van der Waals surface area (Å²) in [5.41, 5.74) is 0. The van der Waals surface area contributed by atoms with Crippen LogP contribution in [0.5, 0.6) is 0 Å². The molecule has 0 radical (unpaired) electrons. The van der Waals surface area contributed by atoms with E-state index in [0.29, 0.717) is 0 Å². The van der Waals surface area contributed by atoms with Crippen molar-refractivity contribution in [2.24, 2.45) is 0 Å². The fourth-order valence-corrected chi connectivity index (χ4v) is 111. The van der Waals surface area contributed by atoms with Crippen LogP contribution in [0.3, 0.4) is 0 Å². The molecule has 2 aromatic rings. The monoisotopic (exact) mass is 427 g/mol. The Balaban J connectivity index is 1.28. The second-order valence-electron chi connectivity index (χ2n) is 14.1. The van der Waals surface area contributed by atoms with Crippen LogP contribution in [0.25, 0.3) is 0 Å². The van der Waals surface area contributed by atoms with Gasteiger partial charge in [-0.1, -0.05) is 0 Å². The van der Waals surface area contributed by atoms with Crippen LogP contribution in [0, 0.1) is 0 Å². The Hall–Kier alpha value is -0.651. The Morgan fingerprint density at radius 2 is 1.25 bits per heavy atom. The van der Waals surface area contributed by atoms with Crippen LogP contribution in [-0.4, -0.2) is 29.6 Å². The van der Waals surface area contributed by atoms with Crippen LogP contribution in [-0.2, 0) is 6.51 Å². The Kier molecular flexibility index (Phi) is 0.731. The molecule has 1 spiro atoms. The number of benzene rings is 2. The summed E-state index contributed by atoms with van der Waals surface area (Å²) in [6.07, 6.45) is 0. The van der Waals surface area contributed by atoms with Crippen LogP contribution in [0.2, 0.25) is 42.8 Å². The van der Waals surface area contributed by atoms with Gasteiger partial charge in [0.1, 0.15) is 0 Å². The molecule has 0 amide bonds. The number of hydrogen-bond acceptors (Lipinski definition) is 1. The molecule has 0 aliphatic carbocycles. The normalized spacial score (nSPS) is 79.9. The molecule has 10 heterocycles. The molecule has 10 saturated heterocycles. The molecule has 3 heteroatoms. The van der Waals surface area contributed by atoms with Crippen molar-refractivity contribution in [1.29, 1.82) is 0 Å². The first-order valence-corrected chi connectivity index (χ1v) is 18.7. The van der Waals surface area contributed by atoms with E-state index in [-0.39, 0.29) is 7.92 Å². The summed E-state index contributed by atoms with van der Waals surface area (Å²) in [6.45, 7) is -1.92. The average molecular weight is 427 g/mol. The van der Waals surface area contributed by atoms with Gasteiger partial charge in [0.15, 0.2) is 0 Å². The van der Waals surface area contributed by atoms with Gasteiger partial charge in [0, 0.05) is 0 Å². The van der Waals surface area contributed by atoms with Crippen LogP contribution in [0.1, 0.15) is 0 Å². The predicted molar refractivity (Wildman–Crippen MR) is 113 cm³/mol. The van der Waals surface area contributed by atoms with E-state index in [0.717, 1.165) is 8.37 Å². The van der Waals surface area contributed by atoms with E-state index >= 15 is 0 Å². The summed E-state index contributed by atoms with van der Waals surface area (Å²) in [4.78, 5) is 13.6. The molecule has 10 aliphatic heterocycles. The molecule has 0 aromatic heterocycles. The summed E-state index contributed by atoms with van der Waals surface area (Å²) in [6, 6.07) is 23.9. The minimum atomic E-state index is -3.40. The molecule has 0 bridgehead atoms. The fourth-order valence-electron chi connectivity index (χ4n) is 20.1. The quantitative estimate of drug-likeness (QED) is 0.460. The first kappa shape index (κ1) is 12.9. The topological polar surface area (TPSA) is 3.24 Å². The molecule has 0 N–H and O–H groups in total. The van der Waals surface area contributed by atoms with Gasteiger partial charge in [0.2, 0.25) is 0 Å². The van der Waals surface area contributed by atoms with Crippen molar-refractivity contribution in [2.45, 2.75) is 46.9 Å². The van der Waals surface area contributed by atoms with Gasteiger partial charge < -0.3 is 0 Å². The molecule has 10 fully saturated rings. The second kappa shape index (κ2) is 1.59. The van der Waals surface area contributed by atoms with Gasteiger partial charge in [0.25, 0.3) is 0 Å². The Morgan fingerprint density at radius 3 is 1.64 bits per heavy atom. The van der Waals surface area contributed by atoms with E-state index in [1.54, 1.807) is 10.6 Å². The van der Waals surface area contributed by atoms with Gasteiger partial charge in [-0.25, -0.2) is 0 Å². The van der Waals surface area contributed by atoms with Crippen molar-refractivity contribution in [1.82, 2.24) is 4.90 Å². The molecule has 5 atom stereocenters. The maximum atomic E-state index is 2.65. The van der Waals surface area contributed by atoms with E-state index in [2.05, 4.69) is 79.7 Å². The van der Waals surface area contributed by atoms with Crippen LogP contribution < -0.4 is 10.6 Å². The number of hydrogen-bond donors (Lipinski definition) is 0. The molecule has 144 valence electrons. The van der Waals surface area contributed by atoms with Crippen molar-refractivity contribution < 1.29 is 6.51 Å². The summed E-state index contributed by atoms with van der Waals surface area (Å²) >= 11 is 0. The number of nitrogens with zero attached hydrogens (tertiary/aromatic N) is 1. The van der Waals surface area contributed by atoms with Crippen LogP contribution in [0.15, 0.2) is 60.7 Å². The van der Waals surface area contributed by atoms with E-state index in [4.69, 9.17) is 0 Å². The van der Waals surface area contributed by atoms with Crippen molar-refractivity contribution in [2.75, 3.05) is 20.6 Å². The van der Waals surface area contributed by atoms with Gasteiger partial charge >= 0.3 is 158 Å². The average Bonchev–Trinajstić information content (AvgIpc) is 3.65. The third kappa shape index (κ3) is 0.220.